The van der Waals surface area contributed by atoms with Gasteiger partial charge in [0.2, 0.25) is 0 Å². The standard InChI is InChI=1S/C13H26N4O3/c1-9(8-19-5)15-11(14)16-10-6-17(7-10)12(18)20-13(2,3)4/h9-10H,6-8H2,1-5H3,(H3,14,15,16). The Kier molecular flexibility index (Phi) is 5.62. The van der Waals surface area contributed by atoms with Gasteiger partial charge in [0.15, 0.2) is 5.96 Å². The van der Waals surface area contributed by atoms with E-state index in [-0.39, 0.29) is 18.2 Å². The van der Waals surface area contributed by atoms with E-state index in [1.54, 1.807) is 12.0 Å². The van der Waals surface area contributed by atoms with Crippen LogP contribution in [0.3, 0.4) is 0 Å². The SMILES string of the molecule is COCC(C)NC(N)=NC1CN(C(=O)OC(C)(C)C)C1. The fourth-order valence-corrected chi connectivity index (χ4v) is 1.79. The Morgan fingerprint density at radius 3 is 2.60 bits per heavy atom. The van der Waals surface area contributed by atoms with Crippen molar-refractivity contribution in [2.24, 2.45) is 10.7 Å². The number of aliphatic imine (C=N–C) groups is 1. The van der Waals surface area contributed by atoms with Crippen LogP contribution in [0.25, 0.3) is 0 Å². The minimum absolute atomic E-state index is 0.0322. The van der Waals surface area contributed by atoms with E-state index in [0.717, 1.165) is 0 Å². The van der Waals surface area contributed by atoms with Crippen LogP contribution in [-0.2, 0) is 9.47 Å². The van der Waals surface area contributed by atoms with E-state index in [4.69, 9.17) is 15.2 Å². The molecule has 0 aliphatic carbocycles. The average molecular weight is 286 g/mol. The lowest BCUT2D eigenvalue weighted by atomic mass is 10.1. The molecule has 1 fully saturated rings. The van der Waals surface area contributed by atoms with Crippen LogP contribution in [0.4, 0.5) is 4.79 Å². The molecule has 116 valence electrons. The number of ether oxygens (including phenoxy) is 2. The quantitative estimate of drug-likeness (QED) is 0.582. The number of nitrogens with one attached hydrogen (secondary N) is 1. The van der Waals surface area contributed by atoms with Gasteiger partial charge in [0, 0.05) is 26.2 Å². The van der Waals surface area contributed by atoms with E-state index in [2.05, 4.69) is 10.3 Å². The number of carbonyl (C=O) groups excluding carboxylic acids is 1. The van der Waals surface area contributed by atoms with E-state index >= 15 is 0 Å². The molecule has 1 aliphatic rings. The van der Waals surface area contributed by atoms with Gasteiger partial charge in [-0.15, -0.1) is 0 Å². The van der Waals surface area contributed by atoms with E-state index in [1.165, 1.54) is 0 Å². The van der Waals surface area contributed by atoms with Crippen LogP contribution in [0, 0.1) is 0 Å². The summed E-state index contributed by atoms with van der Waals surface area (Å²) in [6.07, 6.45) is -0.303. The Labute approximate surface area is 120 Å². The molecular weight excluding hydrogens is 260 g/mol. The number of guanidine groups is 1. The highest BCUT2D eigenvalue weighted by Gasteiger charge is 2.33. The first-order chi connectivity index (χ1) is 9.21. The molecule has 1 atom stereocenters. The number of hydrogen-bond donors (Lipinski definition) is 2. The molecule has 7 heteroatoms. The van der Waals surface area contributed by atoms with Crippen molar-refractivity contribution in [3.8, 4) is 0 Å². The van der Waals surface area contributed by atoms with Gasteiger partial charge in [-0.25, -0.2) is 9.79 Å². The third-order valence-electron chi connectivity index (χ3n) is 2.65. The molecule has 0 aromatic rings. The van der Waals surface area contributed by atoms with Gasteiger partial charge in [-0.3, -0.25) is 0 Å². The summed E-state index contributed by atoms with van der Waals surface area (Å²) >= 11 is 0. The van der Waals surface area contributed by atoms with Crippen LogP contribution in [0.15, 0.2) is 4.99 Å². The van der Waals surface area contributed by atoms with Crippen LogP contribution in [0.1, 0.15) is 27.7 Å². The normalized spacial score (nSPS) is 18.4. The molecule has 1 aliphatic heterocycles. The van der Waals surface area contributed by atoms with Crippen molar-refractivity contribution in [1.82, 2.24) is 10.2 Å². The summed E-state index contributed by atoms with van der Waals surface area (Å²) in [6.45, 7) is 9.13. The molecule has 0 spiro atoms. The van der Waals surface area contributed by atoms with E-state index < -0.39 is 5.60 Å². The number of rotatable bonds is 4. The molecule has 7 nitrogen and oxygen atoms in total. The monoisotopic (exact) mass is 286 g/mol. The number of methoxy groups -OCH3 is 1. The predicted octanol–water partition coefficient (Wildman–Crippen LogP) is 0.545. The van der Waals surface area contributed by atoms with Gasteiger partial charge >= 0.3 is 6.09 Å². The van der Waals surface area contributed by atoms with Gasteiger partial charge in [0.1, 0.15) is 5.60 Å². The summed E-state index contributed by atoms with van der Waals surface area (Å²) < 4.78 is 10.3. The predicted molar refractivity (Wildman–Crippen MR) is 77.7 cm³/mol. The van der Waals surface area contributed by atoms with Gasteiger partial charge in [-0.05, 0) is 27.7 Å². The van der Waals surface area contributed by atoms with Crippen LogP contribution >= 0.6 is 0 Å². The maximum atomic E-state index is 11.7. The molecule has 20 heavy (non-hydrogen) atoms. The van der Waals surface area contributed by atoms with Crippen LogP contribution in [-0.4, -0.2) is 61.4 Å². The third kappa shape index (κ3) is 5.64. The lowest BCUT2D eigenvalue weighted by Crippen LogP contribution is -2.55. The van der Waals surface area contributed by atoms with Crippen molar-refractivity contribution in [3.63, 3.8) is 0 Å². The number of likely N-dealkylation sites (tertiary alicyclic amines) is 1. The summed E-state index contributed by atoms with van der Waals surface area (Å²) in [5.74, 6) is 0.378. The molecule has 1 rings (SSSR count). The van der Waals surface area contributed by atoms with Crippen molar-refractivity contribution >= 4 is 12.1 Å². The molecule has 1 amide bonds. The summed E-state index contributed by atoms with van der Waals surface area (Å²) in [5.41, 5.74) is 5.32. The van der Waals surface area contributed by atoms with Gasteiger partial charge in [0.25, 0.3) is 0 Å². The topological polar surface area (TPSA) is 89.2 Å². The third-order valence-corrected chi connectivity index (χ3v) is 2.65. The van der Waals surface area contributed by atoms with E-state index in [1.807, 2.05) is 27.7 Å². The molecule has 3 N–H and O–H groups in total. The Bertz CT molecular complexity index is 359. The second-order valence-electron chi connectivity index (χ2n) is 6.05. The highest BCUT2D eigenvalue weighted by molar-refractivity contribution is 5.78. The molecular formula is C13H26N4O3. The number of nitrogens with two attached hydrogens (primary N) is 1. The summed E-state index contributed by atoms with van der Waals surface area (Å²) in [4.78, 5) is 17.7. The lowest BCUT2D eigenvalue weighted by Gasteiger charge is -2.37. The molecule has 0 aromatic heterocycles. The first kappa shape index (κ1) is 16.6. The van der Waals surface area contributed by atoms with E-state index in [9.17, 15) is 4.79 Å². The minimum atomic E-state index is -0.471. The smallest absolute Gasteiger partial charge is 0.410 e. The highest BCUT2D eigenvalue weighted by Crippen LogP contribution is 2.16. The van der Waals surface area contributed by atoms with Crippen LogP contribution < -0.4 is 11.1 Å². The number of hydrogen-bond acceptors (Lipinski definition) is 4. The van der Waals surface area contributed by atoms with Crippen molar-refractivity contribution in [3.05, 3.63) is 0 Å². The summed E-state index contributed by atoms with van der Waals surface area (Å²) in [7, 11) is 1.64. The zero-order chi connectivity index (χ0) is 15.3. The maximum absolute atomic E-state index is 11.7. The maximum Gasteiger partial charge on any atom is 0.410 e. The fourth-order valence-electron chi connectivity index (χ4n) is 1.79. The van der Waals surface area contributed by atoms with Gasteiger partial charge < -0.3 is 25.4 Å². The molecule has 1 unspecified atom stereocenters. The average Bonchev–Trinajstić information content (AvgIpc) is 2.20. The zero-order valence-corrected chi connectivity index (χ0v) is 13.0. The van der Waals surface area contributed by atoms with E-state index in [0.29, 0.717) is 25.7 Å². The lowest BCUT2D eigenvalue weighted by molar-refractivity contribution is 0.00901. The first-order valence-corrected chi connectivity index (χ1v) is 6.78. The second kappa shape index (κ2) is 6.78. The first-order valence-electron chi connectivity index (χ1n) is 6.78. The van der Waals surface area contributed by atoms with Crippen LogP contribution in [0.2, 0.25) is 0 Å². The largest absolute Gasteiger partial charge is 0.444 e. The number of carbonyl (C=O) groups is 1. The highest BCUT2D eigenvalue weighted by atomic mass is 16.6. The Morgan fingerprint density at radius 2 is 2.10 bits per heavy atom. The van der Waals surface area contributed by atoms with Gasteiger partial charge in [-0.1, -0.05) is 0 Å². The molecule has 0 radical (unpaired) electrons. The van der Waals surface area contributed by atoms with Crippen molar-refractivity contribution < 1.29 is 14.3 Å². The van der Waals surface area contributed by atoms with Gasteiger partial charge in [-0.2, -0.15) is 0 Å². The molecule has 1 saturated heterocycles. The Balaban J connectivity index is 2.32. The Morgan fingerprint density at radius 1 is 1.50 bits per heavy atom. The van der Waals surface area contributed by atoms with Crippen molar-refractivity contribution in [2.75, 3.05) is 26.8 Å². The fraction of sp³-hybridized carbons (Fsp3) is 0.846. The molecule has 0 aromatic carbocycles. The Hall–Kier alpha value is -1.50. The zero-order valence-electron chi connectivity index (χ0n) is 13.0. The summed E-state index contributed by atoms with van der Waals surface area (Å²) in [5, 5.41) is 3.03. The number of nitrogens with zero attached hydrogens (tertiary/aromatic N) is 2. The number of amides is 1. The second-order valence-corrected chi connectivity index (χ2v) is 6.05. The summed E-state index contributed by atoms with van der Waals surface area (Å²) in [6, 6.07) is 0.135. The van der Waals surface area contributed by atoms with Crippen LogP contribution in [0.5, 0.6) is 0 Å². The molecule has 0 saturated carbocycles. The van der Waals surface area contributed by atoms with Gasteiger partial charge in [0.05, 0.1) is 12.6 Å². The minimum Gasteiger partial charge on any atom is -0.444 e. The molecule has 1 heterocycles. The molecule has 0 bridgehead atoms. The van der Waals surface area contributed by atoms with Crippen molar-refractivity contribution in [2.45, 2.75) is 45.4 Å². The van der Waals surface area contributed by atoms with Crippen molar-refractivity contribution in [1.29, 1.82) is 0 Å².